The van der Waals surface area contributed by atoms with Crippen molar-refractivity contribution >= 4 is 5.91 Å². The van der Waals surface area contributed by atoms with Crippen molar-refractivity contribution in [2.45, 2.75) is 38.2 Å². The van der Waals surface area contributed by atoms with Crippen molar-refractivity contribution in [2.75, 3.05) is 20.1 Å². The normalized spacial score (nSPS) is 31.3. The van der Waals surface area contributed by atoms with Gasteiger partial charge in [0.15, 0.2) is 0 Å². The maximum absolute atomic E-state index is 11.0. The molecule has 0 aromatic rings. The van der Waals surface area contributed by atoms with Crippen LogP contribution in [0, 0.1) is 5.92 Å². The van der Waals surface area contributed by atoms with Gasteiger partial charge in [0.1, 0.15) is 0 Å². The molecule has 1 saturated carbocycles. The van der Waals surface area contributed by atoms with Crippen molar-refractivity contribution in [1.29, 1.82) is 0 Å². The van der Waals surface area contributed by atoms with E-state index in [1.54, 1.807) is 7.05 Å². The Bertz CT molecular complexity index is 221. The third kappa shape index (κ3) is 4.18. The molecule has 1 aliphatic carbocycles. The minimum absolute atomic E-state index is 0.0394. The summed E-state index contributed by atoms with van der Waals surface area (Å²) >= 11 is 0. The first kappa shape index (κ1) is 12.5. The predicted molar refractivity (Wildman–Crippen MR) is 59.5 cm³/mol. The standard InChI is InChI=1S/C11H22N2O2/c1-9-4-3-5-11(15,6-9)8-13-7-10(14)12-2/h9,13,15H,3-8H2,1-2H3,(H,12,14)/t9-,11-/m0/s1. The van der Waals surface area contributed by atoms with Crippen molar-refractivity contribution < 1.29 is 9.90 Å². The van der Waals surface area contributed by atoms with Gasteiger partial charge in [-0.15, -0.1) is 0 Å². The quantitative estimate of drug-likeness (QED) is 0.629. The third-order valence-electron chi connectivity index (χ3n) is 3.09. The highest BCUT2D eigenvalue weighted by atomic mass is 16.3. The Morgan fingerprint density at radius 3 is 2.93 bits per heavy atom. The average Bonchev–Trinajstić information content (AvgIpc) is 2.16. The molecule has 0 heterocycles. The molecule has 3 N–H and O–H groups in total. The van der Waals surface area contributed by atoms with E-state index in [1.807, 2.05) is 0 Å². The Kier molecular flexibility index (Phi) is 4.54. The van der Waals surface area contributed by atoms with Crippen molar-refractivity contribution in [1.82, 2.24) is 10.6 Å². The Morgan fingerprint density at radius 2 is 2.33 bits per heavy atom. The molecular formula is C11H22N2O2. The number of amides is 1. The summed E-state index contributed by atoms with van der Waals surface area (Å²) in [5.74, 6) is 0.549. The van der Waals surface area contributed by atoms with Crippen LogP contribution in [-0.4, -0.2) is 36.8 Å². The van der Waals surface area contributed by atoms with Crippen LogP contribution in [0.4, 0.5) is 0 Å². The fraction of sp³-hybridized carbons (Fsp3) is 0.909. The second-order valence-electron chi connectivity index (χ2n) is 4.70. The molecule has 4 nitrogen and oxygen atoms in total. The fourth-order valence-corrected chi connectivity index (χ4v) is 2.29. The van der Waals surface area contributed by atoms with E-state index in [9.17, 15) is 9.90 Å². The van der Waals surface area contributed by atoms with Crippen LogP contribution in [0.5, 0.6) is 0 Å². The summed E-state index contributed by atoms with van der Waals surface area (Å²) < 4.78 is 0. The molecule has 0 spiro atoms. The number of carbonyl (C=O) groups excluding carboxylic acids is 1. The molecule has 0 aliphatic heterocycles. The van der Waals surface area contributed by atoms with Gasteiger partial charge >= 0.3 is 0 Å². The molecule has 4 heteroatoms. The molecule has 1 aliphatic rings. The Balaban J connectivity index is 2.26. The Morgan fingerprint density at radius 1 is 1.60 bits per heavy atom. The first-order valence-corrected chi connectivity index (χ1v) is 5.69. The zero-order valence-corrected chi connectivity index (χ0v) is 9.68. The SMILES string of the molecule is CNC(=O)CNC[C@]1(O)CCC[C@H](C)C1. The fourth-order valence-electron chi connectivity index (χ4n) is 2.29. The first-order valence-electron chi connectivity index (χ1n) is 5.69. The van der Waals surface area contributed by atoms with Gasteiger partial charge in [0.2, 0.25) is 5.91 Å². The van der Waals surface area contributed by atoms with Crippen LogP contribution >= 0.6 is 0 Å². The number of rotatable bonds is 4. The van der Waals surface area contributed by atoms with Gasteiger partial charge in [0, 0.05) is 13.6 Å². The number of hydrogen-bond donors (Lipinski definition) is 3. The molecule has 0 aromatic heterocycles. The van der Waals surface area contributed by atoms with Crippen LogP contribution in [0.2, 0.25) is 0 Å². The summed E-state index contributed by atoms with van der Waals surface area (Å²) in [7, 11) is 1.61. The van der Waals surface area contributed by atoms with Gasteiger partial charge in [-0.3, -0.25) is 4.79 Å². The van der Waals surface area contributed by atoms with Crippen LogP contribution in [-0.2, 0) is 4.79 Å². The van der Waals surface area contributed by atoms with Crippen molar-refractivity contribution in [2.24, 2.45) is 5.92 Å². The van der Waals surface area contributed by atoms with Gasteiger partial charge in [-0.1, -0.05) is 19.8 Å². The van der Waals surface area contributed by atoms with Gasteiger partial charge in [-0.25, -0.2) is 0 Å². The lowest BCUT2D eigenvalue weighted by molar-refractivity contribution is -0.120. The van der Waals surface area contributed by atoms with Crippen LogP contribution in [0.3, 0.4) is 0 Å². The summed E-state index contributed by atoms with van der Waals surface area (Å²) in [6, 6.07) is 0. The predicted octanol–water partition coefficient (Wildman–Crippen LogP) is 0.263. The average molecular weight is 214 g/mol. The number of nitrogens with one attached hydrogen (secondary N) is 2. The summed E-state index contributed by atoms with van der Waals surface area (Å²) in [4.78, 5) is 11.0. The molecule has 0 radical (unpaired) electrons. The van der Waals surface area contributed by atoms with E-state index in [-0.39, 0.29) is 12.5 Å². The topological polar surface area (TPSA) is 61.4 Å². The van der Waals surface area contributed by atoms with Crippen molar-refractivity contribution in [3.05, 3.63) is 0 Å². The summed E-state index contributed by atoms with van der Waals surface area (Å²) in [5, 5.41) is 15.8. The molecule has 15 heavy (non-hydrogen) atoms. The molecule has 0 saturated heterocycles. The molecule has 0 aromatic carbocycles. The van der Waals surface area contributed by atoms with Gasteiger partial charge in [-0.2, -0.15) is 0 Å². The lowest BCUT2D eigenvalue weighted by Crippen LogP contribution is -2.46. The summed E-state index contributed by atoms with van der Waals surface area (Å²) in [6.45, 7) is 2.97. The van der Waals surface area contributed by atoms with E-state index in [4.69, 9.17) is 0 Å². The number of aliphatic hydroxyl groups is 1. The highest BCUT2D eigenvalue weighted by Gasteiger charge is 2.32. The molecule has 1 amide bonds. The molecule has 2 atom stereocenters. The largest absolute Gasteiger partial charge is 0.389 e. The lowest BCUT2D eigenvalue weighted by atomic mass is 9.79. The number of hydrogen-bond acceptors (Lipinski definition) is 3. The third-order valence-corrected chi connectivity index (χ3v) is 3.09. The maximum Gasteiger partial charge on any atom is 0.233 e. The van der Waals surface area contributed by atoms with Gasteiger partial charge in [0.05, 0.1) is 12.1 Å². The van der Waals surface area contributed by atoms with Crippen LogP contribution in [0.25, 0.3) is 0 Å². The smallest absolute Gasteiger partial charge is 0.233 e. The summed E-state index contributed by atoms with van der Waals surface area (Å²) in [6.07, 6.45) is 3.98. The van der Waals surface area contributed by atoms with Crippen LogP contribution < -0.4 is 10.6 Å². The van der Waals surface area contributed by atoms with E-state index in [0.29, 0.717) is 12.5 Å². The van der Waals surface area contributed by atoms with Crippen LogP contribution in [0.15, 0.2) is 0 Å². The van der Waals surface area contributed by atoms with Crippen molar-refractivity contribution in [3.8, 4) is 0 Å². The number of carbonyl (C=O) groups is 1. The van der Waals surface area contributed by atoms with E-state index in [1.165, 1.54) is 6.42 Å². The van der Waals surface area contributed by atoms with E-state index < -0.39 is 5.60 Å². The minimum atomic E-state index is -0.605. The van der Waals surface area contributed by atoms with E-state index in [2.05, 4.69) is 17.6 Å². The molecule has 0 unspecified atom stereocenters. The molecule has 1 rings (SSSR count). The first-order chi connectivity index (χ1) is 7.06. The maximum atomic E-state index is 11.0. The lowest BCUT2D eigenvalue weighted by Gasteiger charge is -2.35. The Labute approximate surface area is 91.4 Å². The van der Waals surface area contributed by atoms with Gasteiger partial charge < -0.3 is 15.7 Å². The Hall–Kier alpha value is -0.610. The molecule has 0 bridgehead atoms. The highest BCUT2D eigenvalue weighted by Crippen LogP contribution is 2.31. The van der Waals surface area contributed by atoms with Crippen LogP contribution in [0.1, 0.15) is 32.6 Å². The zero-order chi connectivity index (χ0) is 11.3. The van der Waals surface area contributed by atoms with E-state index in [0.717, 1.165) is 19.3 Å². The summed E-state index contributed by atoms with van der Waals surface area (Å²) in [5.41, 5.74) is -0.605. The monoisotopic (exact) mass is 214 g/mol. The number of likely N-dealkylation sites (N-methyl/N-ethyl adjacent to an activating group) is 1. The van der Waals surface area contributed by atoms with Gasteiger partial charge in [0.25, 0.3) is 0 Å². The second-order valence-corrected chi connectivity index (χ2v) is 4.70. The van der Waals surface area contributed by atoms with Gasteiger partial charge in [-0.05, 0) is 18.8 Å². The minimum Gasteiger partial charge on any atom is -0.389 e. The molecule has 88 valence electrons. The molecular weight excluding hydrogens is 192 g/mol. The molecule has 1 fully saturated rings. The van der Waals surface area contributed by atoms with Crippen molar-refractivity contribution in [3.63, 3.8) is 0 Å². The second kappa shape index (κ2) is 5.47. The highest BCUT2D eigenvalue weighted by molar-refractivity contribution is 5.77. The zero-order valence-electron chi connectivity index (χ0n) is 9.68. The van der Waals surface area contributed by atoms with E-state index >= 15 is 0 Å².